The van der Waals surface area contributed by atoms with Crippen LogP contribution in [0.5, 0.6) is 5.75 Å². The maximum atomic E-state index is 14.2. The number of alkyl halides is 2. The van der Waals surface area contributed by atoms with Crippen molar-refractivity contribution < 1.29 is 33.3 Å². The third-order valence-corrected chi connectivity index (χ3v) is 5.77. The number of benzene rings is 1. The highest BCUT2D eigenvalue weighted by Crippen LogP contribution is 2.40. The Morgan fingerprint density at radius 1 is 1.16 bits per heavy atom. The van der Waals surface area contributed by atoms with E-state index in [-0.39, 0.29) is 18.5 Å². The van der Waals surface area contributed by atoms with Crippen LogP contribution in [0.3, 0.4) is 0 Å². The fourth-order valence-electron chi connectivity index (χ4n) is 2.75. The van der Waals surface area contributed by atoms with Gasteiger partial charge in [0.1, 0.15) is 5.75 Å². The molecule has 5 nitrogen and oxygen atoms in total. The van der Waals surface area contributed by atoms with Crippen molar-refractivity contribution in [3.05, 3.63) is 24.8 Å². The number of rotatable bonds is 5. The average Bonchev–Trinajstić information content (AvgIpc) is 2.57. The molecule has 0 radical (unpaired) electrons. The lowest BCUT2D eigenvalue weighted by Crippen LogP contribution is -2.39. The molecule has 1 fully saturated rings. The van der Waals surface area contributed by atoms with Gasteiger partial charge in [-0.25, -0.2) is 4.79 Å². The van der Waals surface area contributed by atoms with Crippen molar-refractivity contribution in [1.82, 2.24) is 0 Å². The van der Waals surface area contributed by atoms with E-state index in [9.17, 15) is 23.5 Å². The highest BCUT2D eigenvalue weighted by molar-refractivity contribution is 14.1. The Kier molecular flexibility index (Phi) is 6.85. The molecule has 9 heteroatoms. The lowest BCUT2D eigenvalue weighted by molar-refractivity contribution is -0.197. The third-order valence-electron chi connectivity index (χ3n) is 4.13. The molecule has 0 amide bonds. The average molecular weight is 580 g/mol. The summed E-state index contributed by atoms with van der Waals surface area (Å²) in [5, 5.41) is 18.7. The molecule has 1 aromatic carbocycles. The molecule has 0 heterocycles. The van der Waals surface area contributed by atoms with Crippen molar-refractivity contribution in [3.8, 4) is 5.75 Å². The topological polar surface area (TPSA) is 83.8 Å². The molecule has 1 saturated carbocycles. The van der Waals surface area contributed by atoms with Gasteiger partial charge < -0.3 is 14.9 Å². The molecule has 1 aliphatic rings. The first-order valence-electron chi connectivity index (χ1n) is 7.64. The molecular weight excluding hydrogens is 564 g/mol. The number of carbonyl (C=O) groups is 2. The SMILES string of the molecule is O=C(OC(c1cc(I)c(O)c(I)c1)C(F)(F)C(=O)O)C1CCCCC1. The zero-order valence-corrected chi connectivity index (χ0v) is 17.3. The first-order chi connectivity index (χ1) is 11.6. The van der Waals surface area contributed by atoms with Crippen LogP contribution in [0, 0.1) is 13.1 Å². The van der Waals surface area contributed by atoms with E-state index in [0.29, 0.717) is 12.8 Å². The number of ether oxygens (including phenoxy) is 1. The second kappa shape index (κ2) is 8.31. The molecule has 1 atom stereocenters. The van der Waals surface area contributed by atoms with E-state index in [4.69, 9.17) is 9.84 Å². The van der Waals surface area contributed by atoms with Crippen LogP contribution in [0.2, 0.25) is 0 Å². The number of phenolic OH excluding ortho intramolecular Hbond substituents is 1. The van der Waals surface area contributed by atoms with Gasteiger partial charge in [-0.05, 0) is 70.2 Å². The van der Waals surface area contributed by atoms with Gasteiger partial charge in [-0.15, -0.1) is 0 Å². The van der Waals surface area contributed by atoms with E-state index in [2.05, 4.69) is 0 Å². The first kappa shape index (κ1) is 20.6. The highest BCUT2D eigenvalue weighted by Gasteiger charge is 2.52. The first-order valence-corrected chi connectivity index (χ1v) is 9.80. The summed E-state index contributed by atoms with van der Waals surface area (Å²) in [4.78, 5) is 23.3. The number of aliphatic carboxylic acids is 1. The van der Waals surface area contributed by atoms with Gasteiger partial charge in [-0.1, -0.05) is 19.3 Å². The number of phenols is 1. The van der Waals surface area contributed by atoms with Gasteiger partial charge in [0.25, 0.3) is 0 Å². The molecule has 138 valence electrons. The molecule has 1 unspecified atom stereocenters. The van der Waals surface area contributed by atoms with E-state index in [1.807, 2.05) is 0 Å². The van der Waals surface area contributed by atoms with Crippen LogP contribution in [-0.4, -0.2) is 28.1 Å². The van der Waals surface area contributed by atoms with Crippen LogP contribution >= 0.6 is 45.2 Å². The van der Waals surface area contributed by atoms with Gasteiger partial charge in [0, 0.05) is 5.56 Å². The van der Waals surface area contributed by atoms with E-state index in [0.717, 1.165) is 19.3 Å². The lowest BCUT2D eigenvalue weighted by Gasteiger charge is -2.27. The second-order valence-electron chi connectivity index (χ2n) is 5.91. The van der Waals surface area contributed by atoms with Crippen LogP contribution in [0.4, 0.5) is 8.78 Å². The Morgan fingerprint density at radius 3 is 2.16 bits per heavy atom. The monoisotopic (exact) mass is 580 g/mol. The predicted molar refractivity (Wildman–Crippen MR) is 102 cm³/mol. The van der Waals surface area contributed by atoms with Crippen molar-refractivity contribution in [2.24, 2.45) is 5.92 Å². The number of halogens is 4. The quantitative estimate of drug-likeness (QED) is 0.397. The Bertz CT molecular complexity index is 651. The molecule has 0 saturated heterocycles. The Morgan fingerprint density at radius 2 is 1.68 bits per heavy atom. The summed E-state index contributed by atoms with van der Waals surface area (Å²) in [7, 11) is 0. The maximum absolute atomic E-state index is 14.2. The maximum Gasteiger partial charge on any atom is 0.382 e. The number of carbonyl (C=O) groups excluding carboxylic acids is 1. The minimum Gasteiger partial charge on any atom is -0.506 e. The van der Waals surface area contributed by atoms with Gasteiger partial charge in [0.15, 0.2) is 0 Å². The van der Waals surface area contributed by atoms with Crippen LogP contribution in [0.25, 0.3) is 0 Å². The number of carboxylic acid groups (broad SMARTS) is 1. The fraction of sp³-hybridized carbons (Fsp3) is 0.500. The minimum absolute atomic E-state index is 0.0963. The number of carboxylic acids is 1. The van der Waals surface area contributed by atoms with Crippen LogP contribution in [0.1, 0.15) is 43.8 Å². The van der Waals surface area contributed by atoms with Crippen molar-refractivity contribution in [3.63, 3.8) is 0 Å². The summed E-state index contributed by atoms with van der Waals surface area (Å²) >= 11 is 3.49. The van der Waals surface area contributed by atoms with E-state index in [1.54, 1.807) is 45.2 Å². The molecule has 0 aliphatic heterocycles. The molecule has 25 heavy (non-hydrogen) atoms. The summed E-state index contributed by atoms with van der Waals surface area (Å²) in [6, 6.07) is 2.40. The molecule has 2 rings (SSSR count). The van der Waals surface area contributed by atoms with Crippen molar-refractivity contribution in [2.45, 2.75) is 44.1 Å². The Hall–Kier alpha value is -0.720. The summed E-state index contributed by atoms with van der Waals surface area (Å²) in [5.41, 5.74) is -0.164. The fourth-order valence-corrected chi connectivity index (χ4v) is 4.57. The standard InChI is InChI=1S/C16H16F2I2O5/c17-16(18,15(23)24)13(9-6-10(19)12(21)11(20)7-9)25-14(22)8-4-2-1-3-5-8/h6-8,13,21H,1-5H2,(H,23,24). The molecule has 1 aliphatic carbocycles. The van der Waals surface area contributed by atoms with Crippen molar-refractivity contribution in [2.75, 3.05) is 0 Å². The number of hydrogen-bond donors (Lipinski definition) is 2. The van der Waals surface area contributed by atoms with Gasteiger partial charge in [0.2, 0.25) is 6.10 Å². The number of hydrogen-bond acceptors (Lipinski definition) is 4. The van der Waals surface area contributed by atoms with Gasteiger partial charge >= 0.3 is 17.9 Å². The second-order valence-corrected chi connectivity index (χ2v) is 8.24. The predicted octanol–water partition coefficient (Wildman–Crippen LogP) is 4.49. The molecule has 2 N–H and O–H groups in total. The molecule has 0 bridgehead atoms. The lowest BCUT2D eigenvalue weighted by atomic mass is 9.89. The zero-order valence-electron chi connectivity index (χ0n) is 13.0. The Balaban J connectivity index is 2.37. The number of esters is 1. The normalized spacial score (nSPS) is 17.1. The highest BCUT2D eigenvalue weighted by atomic mass is 127. The smallest absolute Gasteiger partial charge is 0.382 e. The van der Waals surface area contributed by atoms with Gasteiger partial charge in [0.05, 0.1) is 13.1 Å². The zero-order chi connectivity index (χ0) is 18.8. The van der Waals surface area contributed by atoms with E-state index < -0.39 is 29.9 Å². The largest absolute Gasteiger partial charge is 0.506 e. The van der Waals surface area contributed by atoms with Crippen LogP contribution < -0.4 is 0 Å². The Labute approximate surface area is 170 Å². The molecule has 0 spiro atoms. The van der Waals surface area contributed by atoms with E-state index in [1.165, 1.54) is 12.1 Å². The van der Waals surface area contributed by atoms with Crippen molar-refractivity contribution in [1.29, 1.82) is 0 Å². The number of aromatic hydroxyl groups is 1. The summed E-state index contributed by atoms with van der Waals surface area (Å²) in [5.74, 6) is -8.04. The van der Waals surface area contributed by atoms with E-state index >= 15 is 0 Å². The third kappa shape index (κ3) is 4.72. The minimum atomic E-state index is -4.28. The van der Waals surface area contributed by atoms with Crippen LogP contribution in [-0.2, 0) is 14.3 Å². The molecular formula is C16H16F2I2O5. The molecule has 0 aromatic heterocycles. The summed E-state index contributed by atoms with van der Waals surface area (Å²) in [6.07, 6.45) is 1.46. The summed E-state index contributed by atoms with van der Waals surface area (Å²) < 4.78 is 34.0. The van der Waals surface area contributed by atoms with Gasteiger partial charge in [-0.2, -0.15) is 8.78 Å². The van der Waals surface area contributed by atoms with Gasteiger partial charge in [-0.3, -0.25) is 4.79 Å². The van der Waals surface area contributed by atoms with Crippen molar-refractivity contribution >= 4 is 57.1 Å². The summed E-state index contributed by atoms with van der Waals surface area (Å²) in [6.45, 7) is 0. The molecule has 1 aromatic rings. The van der Waals surface area contributed by atoms with Crippen LogP contribution in [0.15, 0.2) is 12.1 Å².